The molecule has 1 atom stereocenters. The standard InChI is InChI=1S/C13H18N2O/c1-3-9-5-6-12-11(7-9)15-13(16-12)8-10(14)4-2/h5-7,10H,3-4,8,14H2,1-2H3. The zero-order valence-corrected chi connectivity index (χ0v) is 9.86. The van der Waals surface area contributed by atoms with E-state index in [0.29, 0.717) is 6.42 Å². The zero-order chi connectivity index (χ0) is 11.5. The first-order valence-electron chi connectivity index (χ1n) is 5.86. The number of nitrogens with two attached hydrogens (primary N) is 1. The number of fused-ring (bicyclic) bond motifs is 1. The highest BCUT2D eigenvalue weighted by Gasteiger charge is 2.09. The molecule has 1 aromatic heterocycles. The van der Waals surface area contributed by atoms with E-state index in [2.05, 4.69) is 31.0 Å². The molecule has 86 valence electrons. The third-order valence-electron chi connectivity index (χ3n) is 2.87. The van der Waals surface area contributed by atoms with Gasteiger partial charge in [0, 0.05) is 12.5 Å². The number of aromatic nitrogens is 1. The number of benzene rings is 1. The highest BCUT2D eigenvalue weighted by atomic mass is 16.3. The van der Waals surface area contributed by atoms with Gasteiger partial charge in [0.1, 0.15) is 5.52 Å². The Morgan fingerprint density at radius 3 is 2.88 bits per heavy atom. The minimum absolute atomic E-state index is 0.138. The van der Waals surface area contributed by atoms with Crippen molar-refractivity contribution in [1.29, 1.82) is 0 Å². The minimum atomic E-state index is 0.138. The van der Waals surface area contributed by atoms with E-state index < -0.39 is 0 Å². The monoisotopic (exact) mass is 218 g/mol. The molecule has 0 bridgehead atoms. The van der Waals surface area contributed by atoms with Crippen molar-refractivity contribution in [2.45, 2.75) is 39.2 Å². The summed E-state index contributed by atoms with van der Waals surface area (Å²) < 4.78 is 5.65. The molecule has 0 saturated heterocycles. The Balaban J connectivity index is 2.29. The summed E-state index contributed by atoms with van der Waals surface area (Å²) in [6, 6.07) is 6.29. The van der Waals surface area contributed by atoms with Crippen molar-refractivity contribution in [2.75, 3.05) is 0 Å². The van der Waals surface area contributed by atoms with Crippen molar-refractivity contribution < 1.29 is 4.42 Å². The van der Waals surface area contributed by atoms with Crippen LogP contribution in [0.25, 0.3) is 11.1 Å². The van der Waals surface area contributed by atoms with E-state index >= 15 is 0 Å². The largest absolute Gasteiger partial charge is 0.441 e. The molecule has 3 nitrogen and oxygen atoms in total. The second-order valence-electron chi connectivity index (χ2n) is 4.14. The molecule has 0 fully saturated rings. The number of rotatable bonds is 4. The Hall–Kier alpha value is -1.35. The fraction of sp³-hybridized carbons (Fsp3) is 0.462. The third kappa shape index (κ3) is 2.25. The topological polar surface area (TPSA) is 52.0 Å². The van der Waals surface area contributed by atoms with E-state index in [-0.39, 0.29) is 6.04 Å². The Bertz CT molecular complexity index is 476. The van der Waals surface area contributed by atoms with Crippen molar-refractivity contribution in [3.05, 3.63) is 29.7 Å². The predicted octanol–water partition coefficient (Wildman–Crippen LogP) is 2.67. The average Bonchev–Trinajstić information content (AvgIpc) is 2.69. The molecule has 2 aromatic rings. The van der Waals surface area contributed by atoms with Crippen LogP contribution in [0, 0.1) is 0 Å². The van der Waals surface area contributed by atoms with Gasteiger partial charge in [0.25, 0.3) is 0 Å². The van der Waals surface area contributed by atoms with Gasteiger partial charge in [-0.2, -0.15) is 0 Å². The van der Waals surface area contributed by atoms with Crippen LogP contribution < -0.4 is 5.73 Å². The van der Waals surface area contributed by atoms with E-state index in [0.717, 1.165) is 29.8 Å². The Morgan fingerprint density at radius 2 is 2.19 bits per heavy atom. The summed E-state index contributed by atoms with van der Waals surface area (Å²) in [5.74, 6) is 0.748. The molecule has 0 aliphatic carbocycles. The first kappa shape index (κ1) is 11.1. The fourth-order valence-corrected chi connectivity index (χ4v) is 1.70. The van der Waals surface area contributed by atoms with E-state index in [1.54, 1.807) is 0 Å². The first-order valence-corrected chi connectivity index (χ1v) is 5.86. The molecular weight excluding hydrogens is 200 g/mol. The van der Waals surface area contributed by atoms with Gasteiger partial charge in [0.15, 0.2) is 11.5 Å². The molecule has 0 aliphatic heterocycles. The summed E-state index contributed by atoms with van der Waals surface area (Å²) in [6.07, 6.45) is 2.68. The molecule has 0 saturated carbocycles. The lowest BCUT2D eigenvalue weighted by atomic mass is 10.1. The van der Waals surface area contributed by atoms with Crippen LogP contribution in [-0.2, 0) is 12.8 Å². The molecule has 0 aliphatic rings. The molecular formula is C13H18N2O. The van der Waals surface area contributed by atoms with E-state index in [4.69, 9.17) is 10.2 Å². The van der Waals surface area contributed by atoms with E-state index in [9.17, 15) is 0 Å². The summed E-state index contributed by atoms with van der Waals surface area (Å²) in [5.41, 5.74) is 8.97. The van der Waals surface area contributed by atoms with Gasteiger partial charge in [-0.15, -0.1) is 0 Å². The Kier molecular flexibility index (Phi) is 3.25. The van der Waals surface area contributed by atoms with Crippen molar-refractivity contribution in [3.63, 3.8) is 0 Å². The van der Waals surface area contributed by atoms with Gasteiger partial charge in [-0.1, -0.05) is 19.9 Å². The number of hydrogen-bond donors (Lipinski definition) is 1. The van der Waals surface area contributed by atoms with Gasteiger partial charge < -0.3 is 10.2 Å². The van der Waals surface area contributed by atoms with Crippen LogP contribution in [0.3, 0.4) is 0 Å². The second-order valence-corrected chi connectivity index (χ2v) is 4.14. The van der Waals surface area contributed by atoms with Gasteiger partial charge >= 0.3 is 0 Å². The van der Waals surface area contributed by atoms with Crippen LogP contribution in [0.5, 0.6) is 0 Å². The highest BCUT2D eigenvalue weighted by molar-refractivity contribution is 5.73. The maximum absolute atomic E-state index is 5.88. The lowest BCUT2D eigenvalue weighted by Crippen LogP contribution is -2.21. The number of hydrogen-bond acceptors (Lipinski definition) is 3. The SMILES string of the molecule is CCc1ccc2oc(CC(N)CC)nc2c1. The average molecular weight is 218 g/mol. The third-order valence-corrected chi connectivity index (χ3v) is 2.87. The van der Waals surface area contributed by atoms with Crippen molar-refractivity contribution in [3.8, 4) is 0 Å². The summed E-state index contributed by atoms with van der Waals surface area (Å²) in [6.45, 7) is 4.21. The van der Waals surface area contributed by atoms with Crippen LogP contribution in [0.2, 0.25) is 0 Å². The number of nitrogens with zero attached hydrogens (tertiary/aromatic N) is 1. The summed E-state index contributed by atoms with van der Waals surface area (Å²) in [7, 11) is 0. The molecule has 16 heavy (non-hydrogen) atoms. The van der Waals surface area contributed by atoms with Gasteiger partial charge in [-0.3, -0.25) is 0 Å². The van der Waals surface area contributed by atoms with Gasteiger partial charge in [0.2, 0.25) is 0 Å². The quantitative estimate of drug-likeness (QED) is 0.858. The molecule has 2 rings (SSSR count). The van der Waals surface area contributed by atoms with E-state index in [1.807, 2.05) is 6.07 Å². The number of oxazole rings is 1. The Labute approximate surface area is 95.7 Å². The smallest absolute Gasteiger partial charge is 0.197 e. The fourth-order valence-electron chi connectivity index (χ4n) is 1.70. The van der Waals surface area contributed by atoms with Gasteiger partial charge in [-0.25, -0.2) is 4.98 Å². The van der Waals surface area contributed by atoms with Crippen LogP contribution in [0.15, 0.2) is 22.6 Å². The van der Waals surface area contributed by atoms with Crippen LogP contribution in [0.1, 0.15) is 31.7 Å². The molecule has 2 N–H and O–H groups in total. The zero-order valence-electron chi connectivity index (χ0n) is 9.86. The summed E-state index contributed by atoms with van der Waals surface area (Å²) in [5, 5.41) is 0. The highest BCUT2D eigenvalue weighted by Crippen LogP contribution is 2.18. The maximum atomic E-state index is 5.88. The van der Waals surface area contributed by atoms with Crippen molar-refractivity contribution in [1.82, 2.24) is 4.98 Å². The summed E-state index contributed by atoms with van der Waals surface area (Å²) >= 11 is 0. The first-order chi connectivity index (χ1) is 7.72. The molecule has 0 radical (unpaired) electrons. The summed E-state index contributed by atoms with van der Waals surface area (Å²) in [4.78, 5) is 4.46. The molecule has 1 aromatic carbocycles. The molecule has 1 heterocycles. The molecule has 0 amide bonds. The second kappa shape index (κ2) is 4.66. The number of aryl methyl sites for hydroxylation is 1. The van der Waals surface area contributed by atoms with Crippen molar-refractivity contribution in [2.24, 2.45) is 5.73 Å². The van der Waals surface area contributed by atoms with Crippen LogP contribution in [-0.4, -0.2) is 11.0 Å². The minimum Gasteiger partial charge on any atom is -0.441 e. The maximum Gasteiger partial charge on any atom is 0.197 e. The molecule has 3 heteroatoms. The lowest BCUT2D eigenvalue weighted by Gasteiger charge is -2.03. The van der Waals surface area contributed by atoms with Crippen LogP contribution in [0.4, 0.5) is 0 Å². The van der Waals surface area contributed by atoms with Gasteiger partial charge in [0.05, 0.1) is 0 Å². The normalized spacial score (nSPS) is 13.2. The molecule has 0 spiro atoms. The van der Waals surface area contributed by atoms with Crippen molar-refractivity contribution >= 4 is 11.1 Å². The Morgan fingerprint density at radius 1 is 1.38 bits per heavy atom. The van der Waals surface area contributed by atoms with Gasteiger partial charge in [-0.05, 0) is 30.5 Å². The van der Waals surface area contributed by atoms with E-state index in [1.165, 1.54) is 5.56 Å². The van der Waals surface area contributed by atoms with Crippen LogP contribution >= 0.6 is 0 Å². The lowest BCUT2D eigenvalue weighted by molar-refractivity contribution is 0.491. The molecule has 1 unspecified atom stereocenters. The predicted molar refractivity (Wildman–Crippen MR) is 65.4 cm³/mol.